The zero-order valence-electron chi connectivity index (χ0n) is 16.7. The van der Waals surface area contributed by atoms with E-state index in [1.807, 2.05) is 67.6 Å². The van der Waals surface area contributed by atoms with Crippen molar-refractivity contribution in [2.45, 2.75) is 20.0 Å². The van der Waals surface area contributed by atoms with Crippen molar-refractivity contribution in [1.82, 2.24) is 4.98 Å². The first-order chi connectivity index (χ1) is 14.5. The minimum Gasteiger partial charge on any atom is -0.493 e. The van der Waals surface area contributed by atoms with Gasteiger partial charge in [0, 0.05) is 17.7 Å². The summed E-state index contributed by atoms with van der Waals surface area (Å²) in [7, 11) is 0. The average Bonchev–Trinajstić information content (AvgIpc) is 2.78. The lowest BCUT2D eigenvalue weighted by molar-refractivity contribution is 0.0690. The molecule has 0 unspecified atom stereocenters. The van der Waals surface area contributed by atoms with Crippen LogP contribution in [0.4, 0.5) is 4.79 Å². The molecule has 0 fully saturated rings. The number of carboxylic acid groups (broad SMARTS) is 1. The fraction of sp³-hybridized carbons (Fsp3) is 0.174. The van der Waals surface area contributed by atoms with Crippen LogP contribution < -0.4 is 10.5 Å². The predicted octanol–water partition coefficient (Wildman–Crippen LogP) is 4.52. The number of primary amides is 1. The number of carboxylic acids is 1. The maximum absolute atomic E-state index is 11.1. The number of rotatable bonds is 7. The first kappa shape index (κ1) is 22.4. The fourth-order valence-corrected chi connectivity index (χ4v) is 2.40. The summed E-state index contributed by atoms with van der Waals surface area (Å²) in [6, 6.07) is 22.0. The number of carbonyl (C=O) groups is 2. The van der Waals surface area contributed by atoms with Gasteiger partial charge in [0.1, 0.15) is 12.4 Å². The van der Waals surface area contributed by atoms with Crippen LogP contribution in [-0.4, -0.2) is 28.8 Å². The Balaban J connectivity index is 0.000000248. The Bertz CT molecular complexity index is 946. The molecule has 3 rings (SSSR count). The zero-order chi connectivity index (χ0) is 21.8. The van der Waals surface area contributed by atoms with Crippen LogP contribution in [0.25, 0.3) is 11.3 Å². The molecule has 0 bridgehead atoms. The second-order valence-corrected chi connectivity index (χ2v) is 6.19. The standard InChI is InChI=1S/C15H15NO3.C8H9NO2/c1-2-8-19-12-9-13(11-6-4-3-5-7-11)16-14(10-12)15(17)18;9-8(10)11-6-7-4-2-1-3-5-7/h3-7,9-10H,2,8H2,1H3,(H,17,18);1-5H,6H2,(H2,9,10). The van der Waals surface area contributed by atoms with Crippen LogP contribution in [0.15, 0.2) is 72.8 Å². The number of carbonyl (C=O) groups excluding carboxylic acids is 1. The maximum Gasteiger partial charge on any atom is 0.404 e. The van der Waals surface area contributed by atoms with Gasteiger partial charge in [0.2, 0.25) is 0 Å². The number of ether oxygens (including phenoxy) is 2. The third kappa shape index (κ3) is 7.63. The molecule has 3 aromatic rings. The molecule has 3 N–H and O–H groups in total. The van der Waals surface area contributed by atoms with Crippen molar-refractivity contribution in [3.05, 3.63) is 84.1 Å². The van der Waals surface area contributed by atoms with Crippen molar-refractivity contribution < 1.29 is 24.2 Å². The Morgan fingerprint density at radius 2 is 1.63 bits per heavy atom. The molecule has 1 aromatic heterocycles. The van der Waals surface area contributed by atoms with E-state index < -0.39 is 12.1 Å². The number of pyridine rings is 1. The van der Waals surface area contributed by atoms with E-state index >= 15 is 0 Å². The van der Waals surface area contributed by atoms with Crippen molar-refractivity contribution in [3.63, 3.8) is 0 Å². The molecular weight excluding hydrogens is 384 g/mol. The number of hydrogen-bond donors (Lipinski definition) is 2. The summed E-state index contributed by atoms with van der Waals surface area (Å²) in [5.41, 5.74) is 7.18. The van der Waals surface area contributed by atoms with Gasteiger partial charge in [0.25, 0.3) is 0 Å². The van der Waals surface area contributed by atoms with Crippen LogP contribution in [-0.2, 0) is 11.3 Å². The molecule has 1 heterocycles. The minimum absolute atomic E-state index is 0.00699. The van der Waals surface area contributed by atoms with Gasteiger partial charge in [-0.05, 0) is 12.0 Å². The molecular formula is C23H24N2O5. The normalized spacial score (nSPS) is 9.77. The highest BCUT2D eigenvalue weighted by atomic mass is 16.5. The maximum atomic E-state index is 11.1. The summed E-state index contributed by atoms with van der Waals surface area (Å²) in [5.74, 6) is -0.521. The summed E-state index contributed by atoms with van der Waals surface area (Å²) in [4.78, 5) is 25.4. The molecule has 0 saturated heterocycles. The highest BCUT2D eigenvalue weighted by molar-refractivity contribution is 5.86. The van der Waals surface area contributed by atoms with Crippen LogP contribution >= 0.6 is 0 Å². The number of nitrogens with two attached hydrogens (primary N) is 1. The van der Waals surface area contributed by atoms with Crippen molar-refractivity contribution in [1.29, 1.82) is 0 Å². The van der Waals surface area contributed by atoms with Crippen LogP contribution in [0.1, 0.15) is 29.4 Å². The molecule has 0 aliphatic carbocycles. The average molecular weight is 408 g/mol. The lowest BCUT2D eigenvalue weighted by Gasteiger charge is -2.08. The summed E-state index contributed by atoms with van der Waals surface area (Å²) < 4.78 is 10.1. The largest absolute Gasteiger partial charge is 0.493 e. The Hall–Kier alpha value is -3.87. The monoisotopic (exact) mass is 408 g/mol. The Kier molecular flexibility index (Phi) is 8.86. The van der Waals surface area contributed by atoms with E-state index in [0.717, 1.165) is 17.5 Å². The predicted molar refractivity (Wildman–Crippen MR) is 113 cm³/mol. The molecule has 0 aliphatic heterocycles. The molecule has 2 aromatic carbocycles. The van der Waals surface area contributed by atoms with Crippen molar-refractivity contribution in [2.24, 2.45) is 5.73 Å². The topological polar surface area (TPSA) is 112 Å². The number of aromatic carboxylic acids is 1. The second-order valence-electron chi connectivity index (χ2n) is 6.19. The molecule has 0 atom stereocenters. The van der Waals surface area contributed by atoms with Crippen molar-refractivity contribution in [2.75, 3.05) is 6.61 Å². The molecule has 7 nitrogen and oxygen atoms in total. The summed E-state index contributed by atoms with van der Waals surface area (Å²) in [6.07, 6.45) is 0.125. The quantitative estimate of drug-likeness (QED) is 0.595. The molecule has 1 amide bonds. The summed E-state index contributed by atoms with van der Waals surface area (Å²) >= 11 is 0. The molecule has 30 heavy (non-hydrogen) atoms. The third-order valence-corrected chi connectivity index (χ3v) is 3.78. The van der Waals surface area contributed by atoms with Crippen LogP contribution in [0.3, 0.4) is 0 Å². The van der Waals surface area contributed by atoms with Gasteiger partial charge < -0.3 is 20.3 Å². The van der Waals surface area contributed by atoms with Crippen LogP contribution in [0, 0.1) is 0 Å². The summed E-state index contributed by atoms with van der Waals surface area (Å²) in [5, 5.41) is 9.09. The van der Waals surface area contributed by atoms with Gasteiger partial charge in [0.15, 0.2) is 5.69 Å². The summed E-state index contributed by atoms with van der Waals surface area (Å²) in [6.45, 7) is 2.80. The van der Waals surface area contributed by atoms with E-state index in [1.54, 1.807) is 6.07 Å². The first-order valence-electron chi connectivity index (χ1n) is 9.39. The third-order valence-electron chi connectivity index (χ3n) is 3.78. The number of benzene rings is 2. The van der Waals surface area contributed by atoms with E-state index in [4.69, 9.17) is 15.6 Å². The molecule has 0 radical (unpaired) electrons. The highest BCUT2D eigenvalue weighted by Crippen LogP contribution is 2.23. The first-order valence-corrected chi connectivity index (χ1v) is 9.39. The van der Waals surface area contributed by atoms with Gasteiger partial charge in [-0.2, -0.15) is 0 Å². The van der Waals surface area contributed by atoms with Gasteiger partial charge >= 0.3 is 12.1 Å². The van der Waals surface area contributed by atoms with E-state index in [-0.39, 0.29) is 12.3 Å². The number of nitrogens with zero attached hydrogens (tertiary/aromatic N) is 1. The molecule has 0 saturated carbocycles. The van der Waals surface area contributed by atoms with Gasteiger partial charge in [-0.15, -0.1) is 0 Å². The number of amides is 1. The SMILES string of the molecule is CCCOc1cc(C(=O)O)nc(-c2ccccc2)c1.NC(=O)OCc1ccccc1. The molecule has 0 aliphatic rings. The Labute approximate surface area is 175 Å². The van der Waals surface area contributed by atoms with Crippen molar-refractivity contribution in [3.8, 4) is 17.0 Å². The Morgan fingerprint density at radius 3 is 2.20 bits per heavy atom. The highest BCUT2D eigenvalue weighted by Gasteiger charge is 2.10. The van der Waals surface area contributed by atoms with Crippen molar-refractivity contribution >= 4 is 12.1 Å². The van der Waals surface area contributed by atoms with Gasteiger partial charge in [-0.3, -0.25) is 0 Å². The van der Waals surface area contributed by atoms with Crippen LogP contribution in [0.5, 0.6) is 5.75 Å². The van der Waals surface area contributed by atoms with E-state index in [0.29, 0.717) is 18.1 Å². The molecule has 0 spiro atoms. The van der Waals surface area contributed by atoms with Gasteiger partial charge in [-0.1, -0.05) is 67.6 Å². The number of aromatic nitrogens is 1. The minimum atomic E-state index is -1.06. The number of hydrogen-bond acceptors (Lipinski definition) is 5. The molecule has 7 heteroatoms. The van der Waals surface area contributed by atoms with Gasteiger partial charge in [-0.25, -0.2) is 14.6 Å². The fourth-order valence-electron chi connectivity index (χ4n) is 2.40. The van der Waals surface area contributed by atoms with E-state index in [2.05, 4.69) is 9.72 Å². The molecule has 156 valence electrons. The smallest absolute Gasteiger partial charge is 0.404 e. The Morgan fingerprint density at radius 1 is 1.00 bits per heavy atom. The second kappa shape index (κ2) is 11.9. The van der Waals surface area contributed by atoms with E-state index in [9.17, 15) is 9.59 Å². The lowest BCUT2D eigenvalue weighted by Crippen LogP contribution is -2.12. The van der Waals surface area contributed by atoms with Crippen LogP contribution in [0.2, 0.25) is 0 Å². The van der Waals surface area contributed by atoms with Gasteiger partial charge in [0.05, 0.1) is 12.3 Å². The zero-order valence-corrected chi connectivity index (χ0v) is 16.7. The van der Waals surface area contributed by atoms with E-state index in [1.165, 1.54) is 6.07 Å². The lowest BCUT2D eigenvalue weighted by atomic mass is 10.1.